The Labute approximate surface area is 110 Å². The summed E-state index contributed by atoms with van der Waals surface area (Å²) in [5, 5.41) is 9.44. The Balaban J connectivity index is 0.00000162. The monoisotopic (exact) mass is 269 g/mol. The van der Waals surface area contributed by atoms with Crippen LogP contribution < -0.4 is 5.32 Å². The molecular weight excluding hydrogens is 257 g/mol. The van der Waals surface area contributed by atoms with Crippen LogP contribution in [-0.4, -0.2) is 16.1 Å². The van der Waals surface area contributed by atoms with Crippen molar-refractivity contribution in [3.8, 4) is 0 Å². The van der Waals surface area contributed by atoms with Crippen molar-refractivity contribution in [3.05, 3.63) is 47.0 Å². The van der Waals surface area contributed by atoms with Crippen molar-refractivity contribution in [1.82, 2.24) is 10.2 Å². The number of aryl methyl sites for hydroxylation is 2. The van der Waals surface area contributed by atoms with Crippen LogP contribution in [0, 0.1) is 19.7 Å². The smallest absolute Gasteiger partial charge is 0.255 e. The van der Waals surface area contributed by atoms with Crippen LogP contribution in [0.15, 0.2) is 24.3 Å². The van der Waals surface area contributed by atoms with Crippen LogP contribution in [0.1, 0.15) is 21.7 Å². The van der Waals surface area contributed by atoms with Gasteiger partial charge in [0, 0.05) is 5.56 Å². The van der Waals surface area contributed by atoms with Crippen LogP contribution in [0.3, 0.4) is 0 Å². The van der Waals surface area contributed by atoms with E-state index in [9.17, 15) is 9.18 Å². The fourth-order valence-corrected chi connectivity index (χ4v) is 1.55. The van der Waals surface area contributed by atoms with E-state index < -0.39 is 5.82 Å². The molecule has 0 spiro atoms. The largest absolute Gasteiger partial charge is 0.319 e. The molecule has 4 nitrogen and oxygen atoms in total. The van der Waals surface area contributed by atoms with E-state index in [-0.39, 0.29) is 23.9 Å². The molecule has 6 heteroatoms. The number of hydrogen-bond donors (Lipinski definition) is 2. The molecule has 0 aliphatic heterocycles. The van der Waals surface area contributed by atoms with Crippen molar-refractivity contribution in [2.24, 2.45) is 0 Å². The average molecular weight is 270 g/mol. The van der Waals surface area contributed by atoms with E-state index in [0.717, 1.165) is 5.69 Å². The van der Waals surface area contributed by atoms with Crippen LogP contribution in [0.5, 0.6) is 0 Å². The van der Waals surface area contributed by atoms with Gasteiger partial charge in [0.25, 0.3) is 5.91 Å². The molecule has 2 rings (SSSR count). The number of H-pyrrole nitrogens is 1. The minimum Gasteiger partial charge on any atom is -0.319 e. The first-order valence-corrected chi connectivity index (χ1v) is 5.16. The van der Waals surface area contributed by atoms with Crippen molar-refractivity contribution in [3.63, 3.8) is 0 Å². The first kappa shape index (κ1) is 14.2. The van der Waals surface area contributed by atoms with E-state index in [1.807, 2.05) is 0 Å². The Morgan fingerprint density at radius 3 is 2.67 bits per heavy atom. The second-order valence-corrected chi connectivity index (χ2v) is 3.77. The number of aromatic amines is 1. The molecule has 0 aliphatic rings. The number of amides is 1. The fraction of sp³-hybridized carbons (Fsp3) is 0.167. The highest BCUT2D eigenvalue weighted by molar-refractivity contribution is 6.04. The first-order valence-electron chi connectivity index (χ1n) is 5.16. The molecule has 0 aliphatic carbocycles. The van der Waals surface area contributed by atoms with E-state index in [1.165, 1.54) is 18.2 Å². The topological polar surface area (TPSA) is 57.8 Å². The molecule has 0 saturated carbocycles. The zero-order chi connectivity index (χ0) is 12.4. The van der Waals surface area contributed by atoms with Crippen molar-refractivity contribution in [2.75, 3.05) is 5.32 Å². The molecule has 0 unspecified atom stereocenters. The number of hydrogen-bond acceptors (Lipinski definition) is 2. The molecule has 1 heterocycles. The Hall–Kier alpha value is -1.88. The lowest BCUT2D eigenvalue weighted by molar-refractivity contribution is 0.102. The summed E-state index contributed by atoms with van der Waals surface area (Å²) in [6.07, 6.45) is 0. The summed E-state index contributed by atoms with van der Waals surface area (Å²) in [6, 6.07) is 5.55. The molecule has 18 heavy (non-hydrogen) atoms. The number of rotatable bonds is 2. The van der Waals surface area contributed by atoms with Gasteiger partial charge in [-0.05, 0) is 32.0 Å². The summed E-state index contributed by atoms with van der Waals surface area (Å²) >= 11 is 0. The van der Waals surface area contributed by atoms with Gasteiger partial charge in [-0.2, -0.15) is 5.10 Å². The SMILES string of the molecule is Cc1n[nH]c(C)c1NC(=O)c1cccc(F)c1.Cl. The Morgan fingerprint density at radius 2 is 2.11 bits per heavy atom. The lowest BCUT2D eigenvalue weighted by Crippen LogP contribution is -2.13. The molecule has 1 aromatic heterocycles. The van der Waals surface area contributed by atoms with Crippen molar-refractivity contribution in [2.45, 2.75) is 13.8 Å². The quantitative estimate of drug-likeness (QED) is 0.881. The van der Waals surface area contributed by atoms with Crippen LogP contribution >= 0.6 is 12.4 Å². The Morgan fingerprint density at radius 1 is 1.39 bits per heavy atom. The summed E-state index contributed by atoms with van der Waals surface area (Å²) in [7, 11) is 0. The minimum absolute atomic E-state index is 0. The zero-order valence-corrected chi connectivity index (χ0v) is 10.8. The van der Waals surface area contributed by atoms with Gasteiger partial charge in [-0.25, -0.2) is 4.39 Å². The van der Waals surface area contributed by atoms with Crippen molar-refractivity contribution < 1.29 is 9.18 Å². The van der Waals surface area contributed by atoms with E-state index >= 15 is 0 Å². The van der Waals surface area contributed by atoms with Gasteiger partial charge in [-0.3, -0.25) is 9.89 Å². The summed E-state index contributed by atoms with van der Waals surface area (Å²) in [4.78, 5) is 11.8. The van der Waals surface area contributed by atoms with Gasteiger partial charge in [-0.15, -0.1) is 12.4 Å². The molecular formula is C12H13ClFN3O. The normalized spacial score (nSPS) is 9.72. The summed E-state index contributed by atoms with van der Waals surface area (Å²) in [6.45, 7) is 3.59. The van der Waals surface area contributed by atoms with E-state index in [0.29, 0.717) is 11.4 Å². The van der Waals surface area contributed by atoms with Gasteiger partial charge < -0.3 is 5.32 Å². The number of nitrogens with one attached hydrogen (secondary N) is 2. The lowest BCUT2D eigenvalue weighted by atomic mass is 10.2. The lowest BCUT2D eigenvalue weighted by Gasteiger charge is -2.05. The van der Waals surface area contributed by atoms with E-state index in [4.69, 9.17) is 0 Å². The first-order chi connectivity index (χ1) is 8.08. The van der Waals surface area contributed by atoms with Gasteiger partial charge in [0.1, 0.15) is 5.82 Å². The predicted molar refractivity (Wildman–Crippen MR) is 69.7 cm³/mol. The average Bonchev–Trinajstić information content (AvgIpc) is 2.61. The van der Waals surface area contributed by atoms with E-state index in [1.54, 1.807) is 19.9 Å². The maximum absolute atomic E-state index is 13.0. The van der Waals surface area contributed by atoms with Gasteiger partial charge >= 0.3 is 0 Å². The van der Waals surface area contributed by atoms with Gasteiger partial charge in [-0.1, -0.05) is 6.07 Å². The maximum Gasteiger partial charge on any atom is 0.255 e. The number of benzene rings is 1. The predicted octanol–water partition coefficient (Wildman–Crippen LogP) is 2.84. The minimum atomic E-state index is -0.432. The molecule has 0 atom stereocenters. The highest BCUT2D eigenvalue weighted by Crippen LogP contribution is 2.17. The maximum atomic E-state index is 13.0. The molecule has 1 amide bonds. The number of anilines is 1. The third kappa shape index (κ3) is 2.87. The van der Waals surface area contributed by atoms with E-state index in [2.05, 4.69) is 15.5 Å². The highest BCUT2D eigenvalue weighted by atomic mass is 35.5. The van der Waals surface area contributed by atoms with Crippen molar-refractivity contribution in [1.29, 1.82) is 0 Å². The number of nitrogens with zero attached hydrogens (tertiary/aromatic N) is 1. The number of aromatic nitrogens is 2. The van der Waals surface area contributed by atoms with Crippen molar-refractivity contribution >= 4 is 24.0 Å². The number of carbonyl (C=O) groups excluding carboxylic acids is 1. The van der Waals surface area contributed by atoms with Gasteiger partial charge in [0.15, 0.2) is 0 Å². The molecule has 96 valence electrons. The second kappa shape index (κ2) is 5.64. The molecule has 0 fully saturated rings. The fourth-order valence-electron chi connectivity index (χ4n) is 1.55. The number of carbonyl (C=O) groups is 1. The van der Waals surface area contributed by atoms with Crippen LogP contribution in [0.25, 0.3) is 0 Å². The number of halogens is 2. The third-order valence-electron chi connectivity index (χ3n) is 2.45. The van der Waals surface area contributed by atoms with Gasteiger partial charge in [0.2, 0.25) is 0 Å². The van der Waals surface area contributed by atoms with Crippen LogP contribution in [-0.2, 0) is 0 Å². The highest BCUT2D eigenvalue weighted by Gasteiger charge is 2.12. The molecule has 2 aromatic rings. The molecule has 0 bridgehead atoms. The molecule has 1 aromatic carbocycles. The molecule has 0 saturated heterocycles. The summed E-state index contributed by atoms with van der Waals surface area (Å²) < 4.78 is 13.0. The van der Waals surface area contributed by atoms with Crippen LogP contribution in [0.4, 0.5) is 10.1 Å². The molecule has 2 N–H and O–H groups in total. The summed E-state index contributed by atoms with van der Waals surface area (Å²) in [5.41, 5.74) is 2.39. The third-order valence-corrected chi connectivity index (χ3v) is 2.45. The Kier molecular flexibility index (Phi) is 4.44. The Bertz CT molecular complexity index is 549. The second-order valence-electron chi connectivity index (χ2n) is 3.77. The summed E-state index contributed by atoms with van der Waals surface area (Å²) in [5.74, 6) is -0.782. The van der Waals surface area contributed by atoms with Gasteiger partial charge in [0.05, 0.1) is 17.1 Å². The molecule has 0 radical (unpaired) electrons. The zero-order valence-electron chi connectivity index (χ0n) is 9.95. The van der Waals surface area contributed by atoms with Crippen LogP contribution in [0.2, 0.25) is 0 Å². The standard InChI is InChI=1S/C12H12FN3O.ClH/c1-7-11(8(2)16-15-7)14-12(17)9-4-3-5-10(13)6-9;/h3-6H,1-2H3,(H,14,17)(H,15,16);1H.